The van der Waals surface area contributed by atoms with Crippen molar-refractivity contribution in [3.8, 4) is 0 Å². The highest BCUT2D eigenvalue weighted by Gasteiger charge is 2.25. The molecule has 0 saturated heterocycles. The van der Waals surface area contributed by atoms with Gasteiger partial charge in [-0.2, -0.15) is 0 Å². The number of nitrogens with zero attached hydrogens (tertiary/aromatic N) is 1. The second-order valence-corrected chi connectivity index (χ2v) is 5.64. The van der Waals surface area contributed by atoms with Gasteiger partial charge in [-0.3, -0.25) is 10.2 Å². The summed E-state index contributed by atoms with van der Waals surface area (Å²) < 4.78 is 1.70. The lowest BCUT2D eigenvalue weighted by Gasteiger charge is -2.18. The van der Waals surface area contributed by atoms with Crippen LogP contribution in [0.2, 0.25) is 5.02 Å². The van der Waals surface area contributed by atoms with Gasteiger partial charge in [-0.1, -0.05) is 17.7 Å². The number of carbonyl (C=O) groups excluding carboxylic acids is 1. The van der Waals surface area contributed by atoms with Gasteiger partial charge in [0.15, 0.2) is 0 Å². The number of aromatic nitrogens is 1. The Balaban J connectivity index is 2.18. The van der Waals surface area contributed by atoms with Gasteiger partial charge in [0.2, 0.25) is 0 Å². The van der Waals surface area contributed by atoms with Crippen molar-refractivity contribution in [2.24, 2.45) is 5.73 Å². The molecule has 1 heterocycles. The Kier molecular flexibility index (Phi) is 3.22. The van der Waals surface area contributed by atoms with E-state index in [1.807, 2.05) is 18.2 Å². The summed E-state index contributed by atoms with van der Waals surface area (Å²) >= 11 is 6.07. The highest BCUT2D eigenvalue weighted by Crippen LogP contribution is 2.35. The van der Waals surface area contributed by atoms with E-state index in [0.717, 1.165) is 18.4 Å². The molecule has 1 aliphatic rings. The van der Waals surface area contributed by atoms with Crippen molar-refractivity contribution in [1.29, 1.82) is 5.41 Å². The maximum Gasteiger partial charge on any atom is 0.252 e. The molecule has 108 valence electrons. The SMILES string of the molecule is N=c1c(C(N)=O)cc(Cl)cn1C1CCc2ccc(N)cc21. The Bertz CT molecular complexity index is 797. The van der Waals surface area contributed by atoms with Gasteiger partial charge >= 0.3 is 0 Å². The number of hydrogen-bond donors (Lipinski definition) is 3. The highest BCUT2D eigenvalue weighted by molar-refractivity contribution is 6.30. The number of aryl methyl sites for hydroxylation is 1. The summed E-state index contributed by atoms with van der Waals surface area (Å²) in [7, 11) is 0. The third kappa shape index (κ3) is 2.29. The number of rotatable bonds is 2. The quantitative estimate of drug-likeness (QED) is 0.738. The van der Waals surface area contributed by atoms with Gasteiger partial charge in [0.25, 0.3) is 5.91 Å². The van der Waals surface area contributed by atoms with Gasteiger partial charge in [-0.15, -0.1) is 0 Å². The number of carbonyl (C=O) groups is 1. The summed E-state index contributed by atoms with van der Waals surface area (Å²) in [5, 5.41) is 8.59. The third-order valence-electron chi connectivity index (χ3n) is 3.88. The van der Waals surface area contributed by atoms with Crippen LogP contribution in [0.3, 0.4) is 0 Å². The Hall–Kier alpha value is -2.27. The number of halogens is 1. The van der Waals surface area contributed by atoms with Gasteiger partial charge in [0.1, 0.15) is 5.49 Å². The minimum atomic E-state index is -0.651. The monoisotopic (exact) mass is 302 g/mol. The molecule has 2 aromatic rings. The normalized spacial score (nSPS) is 16.7. The van der Waals surface area contributed by atoms with Crippen molar-refractivity contribution in [3.05, 3.63) is 57.7 Å². The lowest BCUT2D eigenvalue weighted by atomic mass is 10.1. The van der Waals surface area contributed by atoms with Crippen molar-refractivity contribution in [2.45, 2.75) is 18.9 Å². The molecule has 1 atom stereocenters. The lowest BCUT2D eigenvalue weighted by molar-refractivity contribution is 0.0997. The van der Waals surface area contributed by atoms with Crippen LogP contribution in [-0.2, 0) is 6.42 Å². The highest BCUT2D eigenvalue weighted by atomic mass is 35.5. The maximum atomic E-state index is 11.5. The second-order valence-electron chi connectivity index (χ2n) is 5.20. The molecule has 21 heavy (non-hydrogen) atoms. The minimum absolute atomic E-state index is 0.0483. The molecule has 1 amide bonds. The van der Waals surface area contributed by atoms with Crippen molar-refractivity contribution < 1.29 is 4.79 Å². The van der Waals surface area contributed by atoms with Crippen molar-refractivity contribution in [2.75, 3.05) is 5.73 Å². The summed E-state index contributed by atoms with van der Waals surface area (Å²) in [6, 6.07) is 7.18. The van der Waals surface area contributed by atoms with Crippen LogP contribution in [0, 0.1) is 5.41 Å². The number of benzene rings is 1. The fourth-order valence-corrected chi connectivity index (χ4v) is 3.12. The first kappa shape index (κ1) is 13.7. The second kappa shape index (κ2) is 4.93. The molecule has 5 nitrogen and oxygen atoms in total. The molecular formula is C15H15ClN4O. The zero-order valence-electron chi connectivity index (χ0n) is 11.3. The third-order valence-corrected chi connectivity index (χ3v) is 4.08. The molecule has 0 radical (unpaired) electrons. The van der Waals surface area contributed by atoms with Gasteiger partial charge in [0, 0.05) is 11.9 Å². The first-order valence-electron chi connectivity index (χ1n) is 6.61. The summed E-state index contributed by atoms with van der Waals surface area (Å²) in [6.07, 6.45) is 3.41. The molecule has 1 aromatic carbocycles. The zero-order valence-corrected chi connectivity index (χ0v) is 12.0. The lowest BCUT2D eigenvalue weighted by Crippen LogP contribution is -2.31. The fraction of sp³-hybridized carbons (Fsp3) is 0.200. The number of nitrogens with two attached hydrogens (primary N) is 2. The van der Waals surface area contributed by atoms with E-state index >= 15 is 0 Å². The number of nitrogens with one attached hydrogen (secondary N) is 1. The molecular weight excluding hydrogens is 288 g/mol. The molecule has 0 bridgehead atoms. The standard InChI is InChI=1S/C15H15ClN4O/c16-9-5-12(15(19)21)14(18)20(7-9)13-4-2-8-1-3-10(17)6-11(8)13/h1,3,5-7,13,18H,2,4,17H2,(H2,19,21). The van der Waals surface area contributed by atoms with Crippen LogP contribution in [0.25, 0.3) is 0 Å². The van der Waals surface area contributed by atoms with Crippen molar-refractivity contribution in [1.82, 2.24) is 4.57 Å². The van der Waals surface area contributed by atoms with Crippen LogP contribution in [0.4, 0.5) is 5.69 Å². The molecule has 1 unspecified atom stereocenters. The summed E-state index contributed by atoms with van der Waals surface area (Å²) in [5.74, 6) is -0.651. The summed E-state index contributed by atoms with van der Waals surface area (Å²) in [5.41, 5.74) is 14.4. The average molecular weight is 303 g/mol. The Labute approximate surface area is 126 Å². The van der Waals surface area contributed by atoms with E-state index in [2.05, 4.69) is 0 Å². The number of pyridine rings is 1. The van der Waals surface area contributed by atoms with Gasteiger partial charge in [0.05, 0.1) is 16.6 Å². The average Bonchev–Trinajstić information content (AvgIpc) is 2.83. The van der Waals surface area contributed by atoms with Crippen LogP contribution in [0.1, 0.15) is 33.9 Å². The molecule has 5 N–H and O–H groups in total. The summed E-state index contributed by atoms with van der Waals surface area (Å²) in [4.78, 5) is 11.5. The molecule has 0 fully saturated rings. The first-order valence-corrected chi connectivity index (χ1v) is 6.99. The van der Waals surface area contributed by atoms with Crippen LogP contribution in [0.15, 0.2) is 30.5 Å². The Morgan fingerprint density at radius 2 is 2.14 bits per heavy atom. The molecule has 1 aliphatic carbocycles. The number of anilines is 1. The fourth-order valence-electron chi connectivity index (χ4n) is 2.90. The number of amides is 1. The van der Waals surface area contributed by atoms with E-state index in [4.69, 9.17) is 28.5 Å². The van der Waals surface area contributed by atoms with E-state index in [1.54, 1.807) is 10.8 Å². The van der Waals surface area contributed by atoms with Gasteiger partial charge in [-0.25, -0.2) is 0 Å². The van der Waals surface area contributed by atoms with Crippen LogP contribution in [-0.4, -0.2) is 10.5 Å². The number of nitrogen functional groups attached to an aromatic ring is 1. The van der Waals surface area contributed by atoms with E-state index in [-0.39, 0.29) is 17.1 Å². The van der Waals surface area contributed by atoms with E-state index in [0.29, 0.717) is 10.7 Å². The number of fused-ring (bicyclic) bond motifs is 1. The Morgan fingerprint density at radius 3 is 2.86 bits per heavy atom. The minimum Gasteiger partial charge on any atom is -0.399 e. The molecule has 0 spiro atoms. The van der Waals surface area contributed by atoms with E-state index in [1.165, 1.54) is 11.6 Å². The van der Waals surface area contributed by atoms with Crippen molar-refractivity contribution >= 4 is 23.2 Å². The van der Waals surface area contributed by atoms with Crippen LogP contribution < -0.4 is 17.0 Å². The largest absolute Gasteiger partial charge is 0.399 e. The Morgan fingerprint density at radius 1 is 1.38 bits per heavy atom. The molecule has 3 rings (SSSR count). The topological polar surface area (TPSA) is 97.9 Å². The smallest absolute Gasteiger partial charge is 0.252 e. The molecule has 1 aromatic heterocycles. The van der Waals surface area contributed by atoms with Crippen molar-refractivity contribution in [3.63, 3.8) is 0 Å². The van der Waals surface area contributed by atoms with E-state index < -0.39 is 5.91 Å². The van der Waals surface area contributed by atoms with Gasteiger partial charge in [-0.05, 0) is 42.2 Å². The first-order chi connectivity index (χ1) is 9.97. The zero-order chi connectivity index (χ0) is 15.1. The molecule has 6 heteroatoms. The number of hydrogen-bond acceptors (Lipinski definition) is 3. The predicted octanol–water partition coefficient (Wildman–Crippen LogP) is 1.84. The molecule has 0 saturated carbocycles. The van der Waals surface area contributed by atoms with Crippen LogP contribution >= 0.6 is 11.6 Å². The summed E-state index contributed by atoms with van der Waals surface area (Å²) in [6.45, 7) is 0. The van der Waals surface area contributed by atoms with Gasteiger partial charge < -0.3 is 16.0 Å². The van der Waals surface area contributed by atoms with E-state index in [9.17, 15) is 4.79 Å². The predicted molar refractivity (Wildman–Crippen MR) is 81.1 cm³/mol. The van der Waals surface area contributed by atoms with Crippen LogP contribution in [0.5, 0.6) is 0 Å². The number of primary amides is 1. The maximum absolute atomic E-state index is 11.5. The molecule has 0 aliphatic heterocycles.